The van der Waals surface area contributed by atoms with Crippen LogP contribution in [0.1, 0.15) is 51.0 Å². The molecule has 0 radical (unpaired) electrons. The van der Waals surface area contributed by atoms with Crippen LogP contribution in [0.5, 0.6) is 5.75 Å². The Morgan fingerprint density at radius 2 is 2.24 bits per heavy atom. The van der Waals surface area contributed by atoms with Gasteiger partial charge in [0, 0.05) is 35.3 Å². The zero-order valence-electron chi connectivity index (χ0n) is 14.8. The van der Waals surface area contributed by atoms with E-state index < -0.39 is 0 Å². The molecule has 3 aliphatic rings. The van der Waals surface area contributed by atoms with E-state index in [-0.39, 0.29) is 5.91 Å². The van der Waals surface area contributed by atoms with Gasteiger partial charge in [0.2, 0.25) is 5.91 Å². The third-order valence-electron chi connectivity index (χ3n) is 5.08. The molecule has 1 fully saturated rings. The number of benzene rings is 1. The Morgan fingerprint density at radius 1 is 1.36 bits per heavy atom. The van der Waals surface area contributed by atoms with E-state index in [9.17, 15) is 4.79 Å². The van der Waals surface area contributed by atoms with Crippen LogP contribution in [-0.4, -0.2) is 11.9 Å². The second-order valence-corrected chi connectivity index (χ2v) is 6.96. The molecule has 0 spiro atoms. The summed E-state index contributed by atoms with van der Waals surface area (Å²) in [5.74, 6) is 2.41. The van der Waals surface area contributed by atoms with E-state index in [0.717, 1.165) is 29.2 Å². The van der Waals surface area contributed by atoms with Gasteiger partial charge in [-0.25, -0.2) is 0 Å². The van der Waals surface area contributed by atoms with Crippen molar-refractivity contribution in [3.05, 3.63) is 59.0 Å². The van der Waals surface area contributed by atoms with Gasteiger partial charge < -0.3 is 15.4 Å². The van der Waals surface area contributed by atoms with Gasteiger partial charge in [-0.2, -0.15) is 0 Å². The first-order valence-electron chi connectivity index (χ1n) is 9.11. The molecule has 4 nitrogen and oxygen atoms in total. The quantitative estimate of drug-likeness (QED) is 0.620. The molecule has 2 unspecified atom stereocenters. The molecule has 25 heavy (non-hydrogen) atoms. The van der Waals surface area contributed by atoms with Gasteiger partial charge in [-0.3, -0.25) is 4.79 Å². The van der Waals surface area contributed by atoms with Crippen LogP contribution < -0.4 is 15.4 Å². The molecule has 1 aliphatic carbocycles. The van der Waals surface area contributed by atoms with Crippen LogP contribution in [-0.2, 0) is 4.79 Å². The van der Waals surface area contributed by atoms with Crippen LogP contribution in [0.25, 0.3) is 0 Å². The Morgan fingerprint density at radius 3 is 3.04 bits per heavy atom. The van der Waals surface area contributed by atoms with Crippen molar-refractivity contribution in [2.45, 2.75) is 51.5 Å². The average Bonchev–Trinajstić information content (AvgIpc) is 3.27. The van der Waals surface area contributed by atoms with E-state index in [1.165, 1.54) is 17.7 Å². The number of carbonyl (C=O) groups is 1. The fourth-order valence-electron chi connectivity index (χ4n) is 3.64. The number of nitrogens with one attached hydrogen (secondary N) is 2. The topological polar surface area (TPSA) is 50.4 Å². The molecule has 2 N–H and O–H groups in total. The third kappa shape index (κ3) is 3.21. The Kier molecular flexibility index (Phi) is 4.12. The van der Waals surface area contributed by atoms with E-state index in [2.05, 4.69) is 35.8 Å². The smallest absolute Gasteiger partial charge is 0.224 e. The van der Waals surface area contributed by atoms with Crippen LogP contribution in [0, 0.1) is 0 Å². The predicted octanol–water partition coefficient (Wildman–Crippen LogP) is 4.38. The first kappa shape index (κ1) is 16.0. The molecular weight excluding hydrogens is 312 g/mol. The summed E-state index contributed by atoms with van der Waals surface area (Å²) in [7, 11) is 0. The molecule has 130 valence electrons. The summed E-state index contributed by atoms with van der Waals surface area (Å²) in [6.07, 6.45) is 9.55. The van der Waals surface area contributed by atoms with Crippen LogP contribution in [0.3, 0.4) is 0 Å². The van der Waals surface area contributed by atoms with Crippen LogP contribution >= 0.6 is 0 Å². The zero-order chi connectivity index (χ0) is 17.4. The third-order valence-corrected chi connectivity index (χ3v) is 5.08. The van der Waals surface area contributed by atoms with Gasteiger partial charge in [-0.05, 0) is 56.0 Å². The number of hydrogen-bond donors (Lipinski definition) is 2. The lowest BCUT2D eigenvalue weighted by Crippen LogP contribution is -2.27. The lowest BCUT2D eigenvalue weighted by Gasteiger charge is -2.21. The first-order chi connectivity index (χ1) is 12.2. The normalized spacial score (nSPS) is 24.7. The van der Waals surface area contributed by atoms with Crippen molar-refractivity contribution in [2.75, 3.05) is 5.32 Å². The molecule has 0 aromatic heterocycles. The lowest BCUT2D eigenvalue weighted by atomic mass is 10.0. The number of fused-ring (bicyclic) bond motifs is 3. The van der Waals surface area contributed by atoms with Crippen molar-refractivity contribution in [3.63, 3.8) is 0 Å². The minimum atomic E-state index is 0.0769. The summed E-state index contributed by atoms with van der Waals surface area (Å²) in [5.41, 5.74) is 4.57. The highest BCUT2D eigenvalue weighted by molar-refractivity contribution is 5.80. The largest absolute Gasteiger partial charge is 0.457 e. The van der Waals surface area contributed by atoms with Gasteiger partial charge in [0.05, 0.1) is 0 Å². The van der Waals surface area contributed by atoms with Crippen LogP contribution in [0.15, 0.2) is 53.5 Å². The highest BCUT2D eigenvalue weighted by Crippen LogP contribution is 2.52. The monoisotopic (exact) mass is 336 g/mol. The maximum atomic E-state index is 11.6. The molecule has 0 bridgehead atoms. The van der Waals surface area contributed by atoms with E-state index in [0.29, 0.717) is 24.8 Å². The summed E-state index contributed by atoms with van der Waals surface area (Å²) in [4.78, 5) is 11.6. The number of anilines is 1. The van der Waals surface area contributed by atoms with Crippen molar-refractivity contribution in [3.8, 4) is 5.75 Å². The minimum Gasteiger partial charge on any atom is -0.457 e. The van der Waals surface area contributed by atoms with Gasteiger partial charge in [-0.1, -0.05) is 19.1 Å². The molecule has 1 amide bonds. The summed E-state index contributed by atoms with van der Waals surface area (Å²) < 4.78 is 6.27. The Hall–Kier alpha value is -2.49. The lowest BCUT2D eigenvalue weighted by molar-refractivity contribution is -0.120. The molecule has 2 atom stereocenters. The van der Waals surface area contributed by atoms with Crippen LogP contribution in [0.2, 0.25) is 0 Å². The van der Waals surface area contributed by atoms with Crippen molar-refractivity contribution < 1.29 is 9.53 Å². The second kappa shape index (κ2) is 6.43. The van der Waals surface area contributed by atoms with Gasteiger partial charge in [0.1, 0.15) is 11.5 Å². The maximum absolute atomic E-state index is 11.6. The summed E-state index contributed by atoms with van der Waals surface area (Å²) in [6.45, 7) is 4.05. The summed E-state index contributed by atoms with van der Waals surface area (Å²) in [5, 5.41) is 6.46. The van der Waals surface area contributed by atoms with Crippen molar-refractivity contribution in [1.82, 2.24) is 5.32 Å². The molecule has 2 aliphatic heterocycles. The number of amides is 1. The van der Waals surface area contributed by atoms with Crippen molar-refractivity contribution in [2.24, 2.45) is 0 Å². The van der Waals surface area contributed by atoms with Gasteiger partial charge in [-0.15, -0.1) is 0 Å². The Bertz CT molecular complexity index is 804. The first-order valence-corrected chi connectivity index (χ1v) is 9.11. The van der Waals surface area contributed by atoms with Crippen molar-refractivity contribution >= 4 is 11.6 Å². The highest BCUT2D eigenvalue weighted by Gasteiger charge is 2.45. The molecule has 4 heteroatoms. The number of carbonyl (C=O) groups excluding carboxylic acids is 1. The predicted molar refractivity (Wildman–Crippen MR) is 99.4 cm³/mol. The fraction of sp³-hybridized carbons (Fsp3) is 0.381. The molecule has 4 rings (SSSR count). The fourth-order valence-corrected chi connectivity index (χ4v) is 3.64. The molecule has 1 saturated carbocycles. The van der Waals surface area contributed by atoms with Gasteiger partial charge in [0.15, 0.2) is 0 Å². The SMILES string of the molecule is CC/C=C/C=C(/Oc1ccc2c(c1)C1CC1N2)C1=C(C)NC(=O)CC1. The van der Waals surface area contributed by atoms with Gasteiger partial charge in [0.25, 0.3) is 0 Å². The Labute approximate surface area is 148 Å². The average molecular weight is 336 g/mol. The highest BCUT2D eigenvalue weighted by atomic mass is 16.5. The standard InChI is InChI=1S/C21H24N2O2/c1-3-4-5-6-20(15-8-10-21(24)22-13(15)2)25-14-7-9-18-16(11-14)17-12-19(17)23-18/h4-7,9,11,17,19,23H,3,8,10,12H2,1-2H3,(H,22,24)/b5-4+,20-6+. The number of allylic oxidation sites excluding steroid dienone is 5. The summed E-state index contributed by atoms with van der Waals surface area (Å²) in [6, 6.07) is 6.92. The molecule has 0 saturated heterocycles. The van der Waals surface area contributed by atoms with E-state index in [1.54, 1.807) is 0 Å². The zero-order valence-corrected chi connectivity index (χ0v) is 14.8. The number of hydrogen-bond acceptors (Lipinski definition) is 3. The van der Waals surface area contributed by atoms with Crippen LogP contribution in [0.4, 0.5) is 5.69 Å². The van der Waals surface area contributed by atoms with E-state index in [1.807, 2.05) is 25.1 Å². The summed E-state index contributed by atoms with van der Waals surface area (Å²) >= 11 is 0. The number of rotatable bonds is 5. The molecular formula is C21H24N2O2. The Balaban J connectivity index is 1.62. The molecule has 2 heterocycles. The maximum Gasteiger partial charge on any atom is 0.224 e. The molecule has 1 aromatic carbocycles. The molecule has 1 aromatic rings. The number of ether oxygens (including phenoxy) is 1. The van der Waals surface area contributed by atoms with E-state index in [4.69, 9.17) is 4.74 Å². The minimum absolute atomic E-state index is 0.0769. The second-order valence-electron chi connectivity index (χ2n) is 6.96. The van der Waals surface area contributed by atoms with E-state index >= 15 is 0 Å². The van der Waals surface area contributed by atoms with Gasteiger partial charge >= 0.3 is 0 Å². The van der Waals surface area contributed by atoms with Crippen molar-refractivity contribution in [1.29, 1.82) is 0 Å².